The lowest BCUT2D eigenvalue weighted by Crippen LogP contribution is -2.13. The minimum absolute atomic E-state index is 0.149. The van der Waals surface area contributed by atoms with Gasteiger partial charge in [0.1, 0.15) is 5.75 Å². The fourth-order valence-electron chi connectivity index (χ4n) is 2.75. The zero-order chi connectivity index (χ0) is 18.5. The molecule has 3 aromatic rings. The third-order valence-electron chi connectivity index (χ3n) is 4.15. The van der Waals surface area contributed by atoms with Crippen LogP contribution in [-0.2, 0) is 0 Å². The van der Waals surface area contributed by atoms with E-state index in [2.05, 4.69) is 10.3 Å². The van der Waals surface area contributed by atoms with Crippen LogP contribution in [0.3, 0.4) is 0 Å². The van der Waals surface area contributed by atoms with Gasteiger partial charge in [0.05, 0.1) is 7.11 Å². The minimum atomic E-state index is -0.179. The molecule has 1 heterocycles. The van der Waals surface area contributed by atoms with E-state index in [1.165, 1.54) is 0 Å². The lowest BCUT2D eigenvalue weighted by molar-refractivity contribution is 0.102. The molecule has 0 bridgehead atoms. The normalized spacial score (nSPS) is 11.7. The monoisotopic (exact) mass is 347 g/mol. The molecule has 0 radical (unpaired) electrons. The Morgan fingerprint density at radius 3 is 2.38 bits per heavy atom. The summed E-state index contributed by atoms with van der Waals surface area (Å²) in [7, 11) is 1.63. The van der Waals surface area contributed by atoms with E-state index >= 15 is 0 Å². The maximum absolute atomic E-state index is 12.6. The Bertz CT molecular complexity index is 891. The van der Waals surface area contributed by atoms with Crippen molar-refractivity contribution < 1.29 is 9.53 Å². The fourth-order valence-corrected chi connectivity index (χ4v) is 2.75. The van der Waals surface area contributed by atoms with Gasteiger partial charge in [0, 0.05) is 29.7 Å². The summed E-state index contributed by atoms with van der Waals surface area (Å²) < 4.78 is 5.22. The smallest absolute Gasteiger partial charge is 0.255 e. The number of carbonyl (C=O) groups is 1. The Labute approximate surface area is 152 Å². The second-order valence-corrected chi connectivity index (χ2v) is 6.01. The zero-order valence-corrected chi connectivity index (χ0v) is 14.8. The van der Waals surface area contributed by atoms with Gasteiger partial charge in [-0.2, -0.15) is 0 Å². The van der Waals surface area contributed by atoms with Gasteiger partial charge in [-0.15, -0.1) is 0 Å². The summed E-state index contributed by atoms with van der Waals surface area (Å²) in [5, 5.41) is 2.87. The van der Waals surface area contributed by atoms with Crippen molar-refractivity contribution in [2.24, 2.45) is 5.73 Å². The number of pyridine rings is 1. The van der Waals surface area contributed by atoms with E-state index in [1.54, 1.807) is 37.7 Å². The predicted octanol–water partition coefficient (Wildman–Crippen LogP) is 4.03. The van der Waals surface area contributed by atoms with Crippen LogP contribution in [0.25, 0.3) is 11.1 Å². The van der Waals surface area contributed by atoms with Gasteiger partial charge < -0.3 is 15.8 Å². The number of aromatic nitrogens is 1. The number of nitrogens with zero attached hydrogens (tertiary/aromatic N) is 1. The minimum Gasteiger partial charge on any atom is -0.497 e. The van der Waals surface area contributed by atoms with Gasteiger partial charge in [-0.25, -0.2) is 0 Å². The maximum Gasteiger partial charge on any atom is 0.255 e. The SMILES string of the molecule is COc1ccc(-c2cc(C(=O)Nc3ccncc3)ccc2C(C)N)cc1. The second-order valence-electron chi connectivity index (χ2n) is 6.01. The van der Waals surface area contributed by atoms with E-state index in [9.17, 15) is 4.79 Å². The highest BCUT2D eigenvalue weighted by atomic mass is 16.5. The number of hydrogen-bond donors (Lipinski definition) is 2. The quantitative estimate of drug-likeness (QED) is 0.730. The molecule has 1 amide bonds. The van der Waals surface area contributed by atoms with E-state index in [1.807, 2.05) is 43.3 Å². The number of anilines is 1. The number of methoxy groups -OCH3 is 1. The summed E-state index contributed by atoms with van der Waals surface area (Å²) in [6.07, 6.45) is 3.27. The number of nitrogens with one attached hydrogen (secondary N) is 1. The highest BCUT2D eigenvalue weighted by Crippen LogP contribution is 2.30. The molecular weight excluding hydrogens is 326 g/mol. The van der Waals surface area contributed by atoms with Crippen molar-refractivity contribution in [1.82, 2.24) is 4.98 Å². The zero-order valence-electron chi connectivity index (χ0n) is 14.8. The van der Waals surface area contributed by atoms with Crippen LogP contribution in [0.1, 0.15) is 28.9 Å². The summed E-state index contributed by atoms with van der Waals surface area (Å²) in [4.78, 5) is 16.5. The van der Waals surface area contributed by atoms with Gasteiger partial charge in [-0.05, 0) is 60.0 Å². The number of hydrogen-bond acceptors (Lipinski definition) is 4. The predicted molar refractivity (Wildman–Crippen MR) is 103 cm³/mol. The molecular formula is C21H21N3O2. The Morgan fingerprint density at radius 2 is 1.77 bits per heavy atom. The van der Waals surface area contributed by atoms with Crippen LogP contribution in [0.5, 0.6) is 5.75 Å². The summed E-state index contributed by atoms with van der Waals surface area (Å²) in [5.74, 6) is 0.602. The van der Waals surface area contributed by atoms with Gasteiger partial charge in [0.2, 0.25) is 0 Å². The van der Waals surface area contributed by atoms with E-state index in [4.69, 9.17) is 10.5 Å². The van der Waals surface area contributed by atoms with Crippen molar-refractivity contribution in [2.75, 3.05) is 12.4 Å². The molecule has 0 saturated carbocycles. The van der Waals surface area contributed by atoms with Crippen molar-refractivity contribution in [3.05, 3.63) is 78.1 Å². The Morgan fingerprint density at radius 1 is 1.08 bits per heavy atom. The Balaban J connectivity index is 1.96. The van der Waals surface area contributed by atoms with Gasteiger partial charge in [-0.3, -0.25) is 9.78 Å². The first kappa shape index (κ1) is 17.6. The molecule has 0 aliphatic heterocycles. The van der Waals surface area contributed by atoms with Gasteiger partial charge >= 0.3 is 0 Å². The van der Waals surface area contributed by atoms with E-state index in [0.29, 0.717) is 11.3 Å². The molecule has 132 valence electrons. The van der Waals surface area contributed by atoms with Crippen molar-refractivity contribution in [3.8, 4) is 16.9 Å². The van der Waals surface area contributed by atoms with Crippen LogP contribution in [0.15, 0.2) is 67.0 Å². The number of rotatable bonds is 5. The summed E-state index contributed by atoms with van der Waals surface area (Å²) in [5.41, 5.74) is 10.3. The number of carbonyl (C=O) groups excluding carboxylic acids is 1. The molecule has 0 spiro atoms. The number of ether oxygens (including phenoxy) is 1. The molecule has 0 aliphatic carbocycles. The maximum atomic E-state index is 12.6. The van der Waals surface area contributed by atoms with Crippen LogP contribution in [0.2, 0.25) is 0 Å². The fraction of sp³-hybridized carbons (Fsp3) is 0.143. The van der Waals surface area contributed by atoms with Gasteiger partial charge in [0.15, 0.2) is 0 Å². The summed E-state index contributed by atoms with van der Waals surface area (Å²) in [6, 6.07) is 16.6. The molecule has 5 heteroatoms. The molecule has 26 heavy (non-hydrogen) atoms. The van der Waals surface area contributed by atoms with Gasteiger partial charge in [-0.1, -0.05) is 18.2 Å². The van der Waals surface area contributed by atoms with E-state index < -0.39 is 0 Å². The average molecular weight is 347 g/mol. The highest BCUT2D eigenvalue weighted by Gasteiger charge is 2.14. The molecule has 5 nitrogen and oxygen atoms in total. The third kappa shape index (κ3) is 3.90. The first-order chi connectivity index (χ1) is 12.6. The molecule has 0 fully saturated rings. The molecule has 1 aromatic heterocycles. The Kier molecular flexibility index (Phi) is 5.29. The lowest BCUT2D eigenvalue weighted by atomic mass is 9.93. The standard InChI is InChI=1S/C21H21N3O2/c1-14(22)19-8-5-16(21(25)24-17-9-11-23-12-10-17)13-20(19)15-3-6-18(26-2)7-4-15/h3-14H,22H2,1-2H3,(H,23,24,25). The van der Waals surface area contributed by atoms with Crippen molar-refractivity contribution >= 4 is 11.6 Å². The number of benzene rings is 2. The first-order valence-corrected chi connectivity index (χ1v) is 8.34. The van der Waals surface area contributed by atoms with Crippen molar-refractivity contribution in [1.29, 1.82) is 0 Å². The van der Waals surface area contributed by atoms with Crippen LogP contribution >= 0.6 is 0 Å². The van der Waals surface area contributed by atoms with E-state index in [0.717, 1.165) is 22.4 Å². The molecule has 2 aromatic carbocycles. The van der Waals surface area contributed by atoms with Gasteiger partial charge in [0.25, 0.3) is 5.91 Å². The van der Waals surface area contributed by atoms with E-state index in [-0.39, 0.29) is 11.9 Å². The van der Waals surface area contributed by atoms with Crippen LogP contribution in [0.4, 0.5) is 5.69 Å². The highest BCUT2D eigenvalue weighted by molar-refractivity contribution is 6.05. The number of nitrogens with two attached hydrogens (primary N) is 1. The summed E-state index contributed by atoms with van der Waals surface area (Å²) in [6.45, 7) is 1.93. The molecule has 1 unspecified atom stereocenters. The third-order valence-corrected chi connectivity index (χ3v) is 4.15. The van der Waals surface area contributed by atoms with Crippen LogP contribution in [0, 0.1) is 0 Å². The average Bonchev–Trinajstić information content (AvgIpc) is 2.68. The molecule has 0 saturated heterocycles. The molecule has 0 aliphatic rings. The summed E-state index contributed by atoms with van der Waals surface area (Å²) >= 11 is 0. The largest absolute Gasteiger partial charge is 0.497 e. The van der Waals surface area contributed by atoms with Crippen molar-refractivity contribution in [3.63, 3.8) is 0 Å². The topological polar surface area (TPSA) is 77.2 Å². The second kappa shape index (κ2) is 7.80. The molecule has 3 N–H and O–H groups in total. The number of amides is 1. The van der Waals surface area contributed by atoms with Crippen LogP contribution < -0.4 is 15.8 Å². The first-order valence-electron chi connectivity index (χ1n) is 8.34. The Hall–Kier alpha value is -3.18. The van der Waals surface area contributed by atoms with Crippen LogP contribution in [-0.4, -0.2) is 18.0 Å². The molecule has 1 atom stereocenters. The lowest BCUT2D eigenvalue weighted by Gasteiger charge is -2.15. The van der Waals surface area contributed by atoms with Crippen molar-refractivity contribution in [2.45, 2.75) is 13.0 Å². The molecule has 3 rings (SSSR count).